The third kappa shape index (κ3) is 2.00. The number of carboxylic acids is 1. The average Bonchev–Trinajstić information content (AvgIpc) is 2.97. The zero-order chi connectivity index (χ0) is 11.0. The van der Waals surface area contributed by atoms with Gasteiger partial charge in [0.1, 0.15) is 5.75 Å². The maximum absolute atomic E-state index is 10.8. The van der Waals surface area contributed by atoms with E-state index in [0.29, 0.717) is 6.42 Å². The Morgan fingerprint density at radius 3 is 2.87 bits per heavy atom. The number of carbonyl (C=O) groups is 1. The molecule has 1 aromatic rings. The first-order chi connectivity index (χ1) is 7.13. The van der Waals surface area contributed by atoms with Gasteiger partial charge in [-0.1, -0.05) is 15.9 Å². The molecule has 1 N–H and O–H groups in total. The van der Waals surface area contributed by atoms with Gasteiger partial charge in [0.25, 0.3) is 0 Å². The first-order valence-corrected chi connectivity index (χ1v) is 5.49. The van der Waals surface area contributed by atoms with Gasteiger partial charge < -0.3 is 9.84 Å². The van der Waals surface area contributed by atoms with E-state index in [1.54, 1.807) is 7.11 Å². The Morgan fingerprint density at radius 1 is 1.60 bits per heavy atom. The summed E-state index contributed by atoms with van der Waals surface area (Å²) in [5.74, 6) is -0.0860. The topological polar surface area (TPSA) is 46.5 Å². The molecule has 1 aliphatic carbocycles. The first-order valence-electron chi connectivity index (χ1n) is 4.69. The molecule has 0 bridgehead atoms. The van der Waals surface area contributed by atoms with Gasteiger partial charge >= 0.3 is 5.97 Å². The van der Waals surface area contributed by atoms with Crippen molar-refractivity contribution in [3.05, 3.63) is 28.2 Å². The van der Waals surface area contributed by atoms with Gasteiger partial charge in [-0.05, 0) is 30.2 Å². The molecular weight excluding hydrogens is 260 g/mol. The summed E-state index contributed by atoms with van der Waals surface area (Å²) in [6, 6.07) is 5.68. The maximum atomic E-state index is 10.8. The third-order valence-electron chi connectivity index (χ3n) is 2.70. The van der Waals surface area contributed by atoms with E-state index < -0.39 is 5.97 Å². The van der Waals surface area contributed by atoms with Crippen LogP contribution in [0.25, 0.3) is 0 Å². The summed E-state index contributed by atoms with van der Waals surface area (Å²) in [6.45, 7) is 0. The van der Waals surface area contributed by atoms with E-state index in [1.807, 2.05) is 18.2 Å². The van der Waals surface area contributed by atoms with Gasteiger partial charge in [0.05, 0.1) is 13.0 Å². The fraction of sp³-hybridized carbons (Fsp3) is 0.364. The molecular formula is C11H11BrO3. The van der Waals surface area contributed by atoms with Gasteiger partial charge in [0, 0.05) is 10.4 Å². The van der Waals surface area contributed by atoms with Crippen molar-refractivity contribution in [2.75, 3.05) is 7.11 Å². The van der Waals surface area contributed by atoms with Gasteiger partial charge in [0.2, 0.25) is 0 Å². The summed E-state index contributed by atoms with van der Waals surface area (Å²) in [4.78, 5) is 10.8. The van der Waals surface area contributed by atoms with Crippen molar-refractivity contribution in [3.8, 4) is 5.75 Å². The van der Waals surface area contributed by atoms with Crippen LogP contribution in [0, 0.1) is 5.92 Å². The van der Waals surface area contributed by atoms with Crippen molar-refractivity contribution in [1.29, 1.82) is 0 Å². The van der Waals surface area contributed by atoms with E-state index in [4.69, 9.17) is 9.84 Å². The molecule has 0 saturated heterocycles. The number of aliphatic carboxylic acids is 1. The lowest BCUT2D eigenvalue weighted by Crippen LogP contribution is -2.00. The minimum atomic E-state index is -0.720. The van der Waals surface area contributed by atoms with Crippen molar-refractivity contribution in [1.82, 2.24) is 0 Å². The molecule has 1 aromatic carbocycles. The van der Waals surface area contributed by atoms with Crippen LogP contribution < -0.4 is 4.74 Å². The second-order valence-corrected chi connectivity index (χ2v) is 4.59. The van der Waals surface area contributed by atoms with Gasteiger partial charge in [-0.25, -0.2) is 0 Å². The molecule has 0 radical (unpaired) electrons. The van der Waals surface area contributed by atoms with E-state index in [0.717, 1.165) is 15.8 Å². The molecule has 0 aromatic heterocycles. The smallest absolute Gasteiger partial charge is 0.307 e. The Labute approximate surface area is 96.2 Å². The van der Waals surface area contributed by atoms with Crippen molar-refractivity contribution in [3.63, 3.8) is 0 Å². The Morgan fingerprint density at radius 2 is 2.33 bits per heavy atom. The zero-order valence-electron chi connectivity index (χ0n) is 8.24. The summed E-state index contributed by atoms with van der Waals surface area (Å²) in [6.07, 6.45) is 0.710. The molecule has 80 valence electrons. The van der Waals surface area contributed by atoms with Crippen molar-refractivity contribution >= 4 is 21.9 Å². The molecule has 0 aliphatic heterocycles. The van der Waals surface area contributed by atoms with Crippen LogP contribution in [0.1, 0.15) is 17.9 Å². The Balaban J connectivity index is 2.28. The fourth-order valence-electron chi connectivity index (χ4n) is 1.81. The van der Waals surface area contributed by atoms with Crippen LogP contribution in [0.4, 0.5) is 0 Å². The highest BCUT2D eigenvalue weighted by Gasteiger charge is 2.45. The van der Waals surface area contributed by atoms with Crippen LogP contribution in [0.5, 0.6) is 5.75 Å². The van der Waals surface area contributed by atoms with E-state index in [-0.39, 0.29) is 11.8 Å². The van der Waals surface area contributed by atoms with Gasteiger partial charge in [-0.2, -0.15) is 0 Å². The number of hydrogen-bond acceptors (Lipinski definition) is 2. The SMILES string of the molecule is COc1ccc(Br)cc1C1CC1C(=O)O. The van der Waals surface area contributed by atoms with Gasteiger partial charge in [-0.15, -0.1) is 0 Å². The fourth-order valence-corrected chi connectivity index (χ4v) is 2.19. The lowest BCUT2D eigenvalue weighted by atomic mass is 10.1. The molecule has 1 saturated carbocycles. The van der Waals surface area contributed by atoms with Crippen molar-refractivity contribution in [2.24, 2.45) is 5.92 Å². The largest absolute Gasteiger partial charge is 0.496 e. The number of halogens is 1. The van der Waals surface area contributed by atoms with Crippen LogP contribution in [-0.2, 0) is 4.79 Å². The summed E-state index contributed by atoms with van der Waals surface area (Å²) < 4.78 is 6.17. The number of hydrogen-bond donors (Lipinski definition) is 1. The highest BCUT2D eigenvalue weighted by Crippen LogP contribution is 2.50. The Bertz CT molecular complexity index is 403. The third-order valence-corrected chi connectivity index (χ3v) is 3.19. The summed E-state index contributed by atoms with van der Waals surface area (Å²) in [5.41, 5.74) is 0.985. The molecule has 1 fully saturated rings. The molecule has 2 unspecified atom stereocenters. The van der Waals surface area contributed by atoms with Crippen molar-refractivity contribution in [2.45, 2.75) is 12.3 Å². The molecule has 0 heterocycles. The van der Waals surface area contributed by atoms with Gasteiger partial charge in [0.15, 0.2) is 0 Å². The first kappa shape index (κ1) is 10.5. The average molecular weight is 271 g/mol. The van der Waals surface area contributed by atoms with Crippen LogP contribution in [-0.4, -0.2) is 18.2 Å². The highest BCUT2D eigenvalue weighted by molar-refractivity contribution is 9.10. The molecule has 3 nitrogen and oxygen atoms in total. The standard InChI is InChI=1S/C11H11BrO3/c1-15-10-3-2-6(12)4-8(10)7-5-9(7)11(13)14/h2-4,7,9H,5H2,1H3,(H,13,14). The van der Waals surface area contributed by atoms with Crippen LogP contribution in [0.2, 0.25) is 0 Å². The van der Waals surface area contributed by atoms with E-state index >= 15 is 0 Å². The summed E-state index contributed by atoms with van der Waals surface area (Å²) >= 11 is 3.38. The Kier molecular flexibility index (Phi) is 2.69. The molecule has 1 aliphatic rings. The minimum Gasteiger partial charge on any atom is -0.496 e. The number of methoxy groups -OCH3 is 1. The van der Waals surface area contributed by atoms with Crippen LogP contribution in [0.15, 0.2) is 22.7 Å². The normalized spacial score (nSPS) is 23.6. The monoisotopic (exact) mass is 270 g/mol. The molecule has 0 amide bonds. The number of carboxylic acid groups (broad SMARTS) is 1. The van der Waals surface area contributed by atoms with Gasteiger partial charge in [-0.3, -0.25) is 4.79 Å². The number of benzene rings is 1. The maximum Gasteiger partial charge on any atom is 0.307 e. The van der Waals surface area contributed by atoms with E-state index in [9.17, 15) is 4.79 Å². The second-order valence-electron chi connectivity index (χ2n) is 3.67. The van der Waals surface area contributed by atoms with Crippen LogP contribution in [0.3, 0.4) is 0 Å². The predicted octanol–water partition coefficient (Wildman–Crippen LogP) is 2.65. The zero-order valence-corrected chi connectivity index (χ0v) is 9.82. The van der Waals surface area contributed by atoms with Crippen LogP contribution >= 0.6 is 15.9 Å². The summed E-state index contributed by atoms with van der Waals surface area (Å²) in [5, 5.41) is 8.87. The van der Waals surface area contributed by atoms with Crippen molar-refractivity contribution < 1.29 is 14.6 Å². The molecule has 0 spiro atoms. The predicted molar refractivity (Wildman–Crippen MR) is 59.2 cm³/mol. The minimum absolute atomic E-state index is 0.106. The van der Waals surface area contributed by atoms with E-state index in [1.165, 1.54) is 0 Å². The van der Waals surface area contributed by atoms with E-state index in [2.05, 4.69) is 15.9 Å². The number of ether oxygens (including phenoxy) is 1. The highest BCUT2D eigenvalue weighted by atomic mass is 79.9. The lowest BCUT2D eigenvalue weighted by molar-refractivity contribution is -0.138. The quantitative estimate of drug-likeness (QED) is 0.919. The lowest BCUT2D eigenvalue weighted by Gasteiger charge is -2.07. The number of rotatable bonds is 3. The molecule has 2 atom stereocenters. The molecule has 2 rings (SSSR count). The molecule has 15 heavy (non-hydrogen) atoms. The molecule has 4 heteroatoms. The second kappa shape index (κ2) is 3.85. The summed E-state index contributed by atoms with van der Waals surface area (Å²) in [7, 11) is 1.60. The Hall–Kier alpha value is -1.03.